The summed E-state index contributed by atoms with van der Waals surface area (Å²) in [6, 6.07) is 10.8. The van der Waals surface area contributed by atoms with Gasteiger partial charge in [0.25, 0.3) is 5.91 Å². The van der Waals surface area contributed by atoms with E-state index in [4.69, 9.17) is 21.1 Å². The van der Waals surface area contributed by atoms with Gasteiger partial charge in [0.2, 0.25) is 5.01 Å². The topological polar surface area (TPSA) is 73.3 Å². The van der Waals surface area contributed by atoms with E-state index in [-0.39, 0.29) is 10.8 Å². The second-order valence-corrected chi connectivity index (χ2v) is 7.09. The Morgan fingerprint density at radius 1 is 1.17 bits per heavy atom. The van der Waals surface area contributed by atoms with Crippen molar-refractivity contribution in [3.05, 3.63) is 63.9 Å². The summed E-state index contributed by atoms with van der Waals surface area (Å²) in [6.45, 7) is 2.42. The van der Waals surface area contributed by atoms with Crippen molar-refractivity contribution < 1.29 is 18.7 Å². The largest absolute Gasteiger partial charge is 0.493 e. The van der Waals surface area contributed by atoms with Crippen LogP contribution in [-0.4, -0.2) is 29.8 Å². The second kappa shape index (κ2) is 9.49. The fraction of sp³-hybridized carbons (Fsp3) is 0.150. The quantitative estimate of drug-likeness (QED) is 0.562. The van der Waals surface area contributed by atoms with Gasteiger partial charge in [-0.1, -0.05) is 29.0 Å². The molecule has 0 fully saturated rings. The molecule has 9 heteroatoms. The number of nitrogens with one attached hydrogen (secondary N) is 1. The first-order valence-corrected chi connectivity index (χ1v) is 9.78. The lowest BCUT2D eigenvalue weighted by Crippen LogP contribution is -2.11. The van der Waals surface area contributed by atoms with Gasteiger partial charge in [-0.3, -0.25) is 4.79 Å². The molecule has 3 rings (SSSR count). The number of amides is 1. The smallest absolute Gasteiger partial charge is 0.286 e. The van der Waals surface area contributed by atoms with Crippen molar-refractivity contribution in [2.75, 3.05) is 19.0 Å². The summed E-state index contributed by atoms with van der Waals surface area (Å²) in [5.41, 5.74) is 1.24. The summed E-state index contributed by atoms with van der Waals surface area (Å²) >= 11 is 7.40. The molecule has 0 bridgehead atoms. The Kier molecular flexibility index (Phi) is 6.79. The van der Waals surface area contributed by atoms with Crippen LogP contribution in [0.25, 0.3) is 11.1 Å². The summed E-state index contributed by atoms with van der Waals surface area (Å²) in [6.07, 6.45) is 1.70. The standard InChI is InChI=1S/C20H17ClFN3O3S/c1-3-28-16-9-4-12(11-17(16)27-2)10-15(21)19-24-25-20(29-19)18(26)23-14-7-5-13(22)6-8-14/h4-11H,3H2,1-2H3,(H,23,26)/b15-10-. The Labute approximate surface area is 176 Å². The van der Waals surface area contributed by atoms with Gasteiger partial charge in [-0.05, 0) is 55.0 Å². The molecule has 0 aliphatic rings. The zero-order valence-corrected chi connectivity index (χ0v) is 17.2. The van der Waals surface area contributed by atoms with Crippen LogP contribution in [0.3, 0.4) is 0 Å². The predicted molar refractivity (Wildman–Crippen MR) is 112 cm³/mol. The van der Waals surface area contributed by atoms with Crippen LogP contribution in [0, 0.1) is 5.82 Å². The zero-order valence-electron chi connectivity index (χ0n) is 15.6. The monoisotopic (exact) mass is 433 g/mol. The number of hydrogen-bond donors (Lipinski definition) is 1. The van der Waals surface area contributed by atoms with Crippen molar-refractivity contribution in [2.24, 2.45) is 0 Å². The number of carbonyl (C=O) groups is 1. The fourth-order valence-electron chi connectivity index (χ4n) is 2.39. The van der Waals surface area contributed by atoms with Crippen LogP contribution in [0.1, 0.15) is 27.3 Å². The average molecular weight is 434 g/mol. The number of nitrogens with zero attached hydrogens (tertiary/aromatic N) is 2. The molecule has 2 aromatic carbocycles. The van der Waals surface area contributed by atoms with Gasteiger partial charge in [0.15, 0.2) is 16.5 Å². The van der Waals surface area contributed by atoms with E-state index < -0.39 is 5.91 Å². The highest BCUT2D eigenvalue weighted by atomic mass is 35.5. The fourth-order valence-corrected chi connectivity index (χ4v) is 3.31. The highest BCUT2D eigenvalue weighted by molar-refractivity contribution is 7.15. The Bertz CT molecular complexity index is 1040. The van der Waals surface area contributed by atoms with Gasteiger partial charge in [0.1, 0.15) is 5.82 Å². The van der Waals surface area contributed by atoms with Crippen LogP contribution >= 0.6 is 22.9 Å². The summed E-state index contributed by atoms with van der Waals surface area (Å²) in [5.74, 6) is 0.386. The number of carbonyl (C=O) groups excluding carboxylic acids is 1. The molecule has 0 saturated carbocycles. The molecule has 29 heavy (non-hydrogen) atoms. The van der Waals surface area contributed by atoms with Crippen molar-refractivity contribution in [1.82, 2.24) is 10.2 Å². The van der Waals surface area contributed by atoms with Gasteiger partial charge >= 0.3 is 0 Å². The van der Waals surface area contributed by atoms with E-state index in [0.29, 0.717) is 33.8 Å². The summed E-state index contributed by atoms with van der Waals surface area (Å²) in [5, 5.41) is 11.3. The molecule has 0 saturated heterocycles. The number of hydrogen-bond acceptors (Lipinski definition) is 6. The van der Waals surface area contributed by atoms with E-state index >= 15 is 0 Å². The van der Waals surface area contributed by atoms with E-state index in [1.807, 2.05) is 13.0 Å². The summed E-state index contributed by atoms with van der Waals surface area (Å²) in [7, 11) is 1.56. The minimum atomic E-state index is -0.451. The molecule has 0 spiro atoms. The maximum atomic E-state index is 13.0. The third kappa shape index (κ3) is 5.30. The molecule has 0 radical (unpaired) electrons. The van der Waals surface area contributed by atoms with Crippen molar-refractivity contribution in [3.8, 4) is 11.5 Å². The molecule has 150 valence electrons. The molecule has 0 aliphatic heterocycles. The van der Waals surface area contributed by atoms with E-state index in [2.05, 4.69) is 15.5 Å². The average Bonchev–Trinajstić information content (AvgIpc) is 3.21. The van der Waals surface area contributed by atoms with E-state index in [1.165, 1.54) is 24.3 Å². The molecule has 3 aromatic rings. The van der Waals surface area contributed by atoms with Gasteiger partial charge in [-0.15, -0.1) is 10.2 Å². The van der Waals surface area contributed by atoms with Crippen molar-refractivity contribution in [2.45, 2.75) is 6.92 Å². The normalized spacial score (nSPS) is 11.2. The number of ether oxygens (including phenoxy) is 2. The minimum Gasteiger partial charge on any atom is -0.493 e. The first-order chi connectivity index (χ1) is 14.0. The second-order valence-electron chi connectivity index (χ2n) is 5.71. The lowest BCUT2D eigenvalue weighted by molar-refractivity contribution is 0.102. The molecular weight excluding hydrogens is 417 g/mol. The van der Waals surface area contributed by atoms with Crippen LogP contribution in [0.2, 0.25) is 0 Å². The van der Waals surface area contributed by atoms with Gasteiger partial charge in [0, 0.05) is 5.69 Å². The molecule has 1 N–H and O–H groups in total. The van der Waals surface area contributed by atoms with Crippen LogP contribution < -0.4 is 14.8 Å². The first kappa shape index (κ1) is 20.8. The Morgan fingerprint density at radius 3 is 2.59 bits per heavy atom. The van der Waals surface area contributed by atoms with Crippen molar-refractivity contribution >= 4 is 45.6 Å². The van der Waals surface area contributed by atoms with Crippen LogP contribution in [0.15, 0.2) is 42.5 Å². The summed E-state index contributed by atoms with van der Waals surface area (Å²) < 4.78 is 23.8. The Morgan fingerprint density at radius 2 is 1.90 bits per heavy atom. The predicted octanol–water partition coefficient (Wildman–Crippen LogP) is 5.07. The van der Waals surface area contributed by atoms with Gasteiger partial charge in [0.05, 0.1) is 18.7 Å². The molecule has 1 amide bonds. The number of methoxy groups -OCH3 is 1. The van der Waals surface area contributed by atoms with E-state index in [1.54, 1.807) is 25.3 Å². The molecule has 0 atom stereocenters. The molecule has 0 unspecified atom stereocenters. The van der Waals surface area contributed by atoms with Crippen LogP contribution in [-0.2, 0) is 0 Å². The van der Waals surface area contributed by atoms with Crippen molar-refractivity contribution in [3.63, 3.8) is 0 Å². The van der Waals surface area contributed by atoms with Crippen LogP contribution in [0.4, 0.5) is 10.1 Å². The summed E-state index contributed by atoms with van der Waals surface area (Å²) in [4.78, 5) is 12.3. The lowest BCUT2D eigenvalue weighted by atomic mass is 10.2. The maximum Gasteiger partial charge on any atom is 0.286 e. The molecule has 6 nitrogen and oxygen atoms in total. The SMILES string of the molecule is CCOc1ccc(/C=C(\Cl)c2nnc(C(=O)Nc3ccc(F)cc3)s2)cc1OC. The number of halogens is 2. The minimum absolute atomic E-state index is 0.139. The van der Waals surface area contributed by atoms with Gasteiger partial charge in [-0.25, -0.2) is 4.39 Å². The third-order valence-corrected chi connectivity index (χ3v) is 5.06. The molecular formula is C20H17ClFN3O3S. The highest BCUT2D eigenvalue weighted by Crippen LogP contribution is 2.31. The molecule has 0 aliphatic carbocycles. The number of benzene rings is 2. The van der Waals surface area contributed by atoms with E-state index in [0.717, 1.165) is 16.9 Å². The lowest BCUT2D eigenvalue weighted by Gasteiger charge is -2.09. The third-order valence-electron chi connectivity index (χ3n) is 3.71. The van der Waals surface area contributed by atoms with Crippen LogP contribution in [0.5, 0.6) is 11.5 Å². The maximum absolute atomic E-state index is 13.0. The Balaban J connectivity index is 1.75. The van der Waals surface area contributed by atoms with Crippen molar-refractivity contribution in [1.29, 1.82) is 0 Å². The molecule has 1 heterocycles. The first-order valence-electron chi connectivity index (χ1n) is 8.59. The Hall–Kier alpha value is -2.97. The van der Waals surface area contributed by atoms with E-state index in [9.17, 15) is 9.18 Å². The van der Waals surface area contributed by atoms with Gasteiger partial charge < -0.3 is 14.8 Å². The molecule has 1 aromatic heterocycles. The van der Waals surface area contributed by atoms with Gasteiger partial charge in [-0.2, -0.15) is 0 Å². The number of aromatic nitrogens is 2. The number of rotatable bonds is 7. The highest BCUT2D eigenvalue weighted by Gasteiger charge is 2.15. The zero-order chi connectivity index (χ0) is 20.8. The number of anilines is 1.